The van der Waals surface area contributed by atoms with Gasteiger partial charge in [0.2, 0.25) is 5.91 Å². The molecule has 0 saturated heterocycles. The summed E-state index contributed by atoms with van der Waals surface area (Å²) in [5.41, 5.74) is 4.98. The molecule has 0 radical (unpaired) electrons. The van der Waals surface area contributed by atoms with Crippen LogP contribution in [0.25, 0.3) is 0 Å². The maximum atomic E-state index is 11.6. The Bertz CT molecular complexity index is 353. The fraction of sp³-hybridized carbons (Fsp3) is 0.909. The zero-order valence-electron chi connectivity index (χ0n) is 11.5. The third-order valence-electron chi connectivity index (χ3n) is 2.22. The number of carbonyl (C=O) groups is 1. The van der Waals surface area contributed by atoms with Crippen molar-refractivity contribution in [1.82, 2.24) is 5.32 Å². The third-order valence-corrected chi connectivity index (χ3v) is 4.22. The van der Waals surface area contributed by atoms with Gasteiger partial charge in [0.15, 0.2) is 9.84 Å². The van der Waals surface area contributed by atoms with Crippen LogP contribution in [0.1, 0.15) is 34.1 Å². The van der Waals surface area contributed by atoms with E-state index in [1.807, 2.05) is 13.8 Å². The highest BCUT2D eigenvalue weighted by Gasteiger charge is 2.20. The number of nitrogens with one attached hydrogen (secondary N) is 1. The maximum Gasteiger partial charge on any atom is 0.221 e. The molecule has 0 bridgehead atoms. The molecular weight excluding hydrogens is 276 g/mol. The van der Waals surface area contributed by atoms with Crippen LogP contribution in [0, 0.1) is 5.92 Å². The van der Waals surface area contributed by atoms with Crippen LogP contribution in [0.3, 0.4) is 0 Å². The Morgan fingerprint density at radius 2 is 1.83 bits per heavy atom. The molecule has 0 aliphatic heterocycles. The van der Waals surface area contributed by atoms with Crippen LogP contribution >= 0.6 is 12.4 Å². The lowest BCUT2D eigenvalue weighted by atomic mass is 10.1. The molecule has 0 aromatic carbocycles. The van der Waals surface area contributed by atoms with Crippen molar-refractivity contribution in [3.8, 4) is 0 Å². The SMILES string of the molecule is CC(C)CS(=O)(=O)CCC(=O)NC(C)(C)CN.Cl. The lowest BCUT2D eigenvalue weighted by molar-refractivity contribution is -0.122. The van der Waals surface area contributed by atoms with Crippen molar-refractivity contribution in [2.45, 2.75) is 39.7 Å². The van der Waals surface area contributed by atoms with E-state index in [-0.39, 0.29) is 42.2 Å². The Morgan fingerprint density at radius 3 is 2.22 bits per heavy atom. The van der Waals surface area contributed by atoms with Crippen molar-refractivity contribution >= 4 is 28.2 Å². The van der Waals surface area contributed by atoms with E-state index < -0.39 is 15.4 Å². The number of halogens is 1. The molecule has 0 aliphatic rings. The van der Waals surface area contributed by atoms with E-state index in [2.05, 4.69) is 5.32 Å². The molecule has 0 aromatic heterocycles. The molecule has 5 nitrogen and oxygen atoms in total. The van der Waals surface area contributed by atoms with Crippen molar-refractivity contribution in [3.63, 3.8) is 0 Å². The molecule has 0 heterocycles. The van der Waals surface area contributed by atoms with Gasteiger partial charge >= 0.3 is 0 Å². The molecule has 0 aliphatic carbocycles. The van der Waals surface area contributed by atoms with Gasteiger partial charge in [-0.25, -0.2) is 8.42 Å². The predicted octanol–water partition coefficient (Wildman–Crippen LogP) is 0.723. The van der Waals surface area contributed by atoms with E-state index in [0.29, 0.717) is 6.54 Å². The normalized spacial score (nSPS) is 12.1. The first-order valence-corrected chi connectivity index (χ1v) is 7.61. The summed E-state index contributed by atoms with van der Waals surface area (Å²) in [7, 11) is -3.13. The fourth-order valence-corrected chi connectivity index (χ4v) is 3.01. The van der Waals surface area contributed by atoms with Crippen LogP contribution < -0.4 is 11.1 Å². The molecule has 0 spiro atoms. The standard InChI is InChI=1S/C11H24N2O3S.ClH/c1-9(2)7-17(15,16)6-5-10(14)13-11(3,4)8-12;/h9H,5-8,12H2,1-4H3,(H,13,14);1H. The zero-order valence-corrected chi connectivity index (χ0v) is 13.2. The highest BCUT2D eigenvalue weighted by atomic mass is 35.5. The minimum Gasteiger partial charge on any atom is -0.350 e. The van der Waals surface area contributed by atoms with E-state index in [1.165, 1.54) is 0 Å². The minimum absolute atomic E-state index is 0. The molecule has 0 rings (SSSR count). The molecule has 0 unspecified atom stereocenters. The number of hydrogen-bond acceptors (Lipinski definition) is 4. The van der Waals surface area contributed by atoms with E-state index in [9.17, 15) is 13.2 Å². The van der Waals surface area contributed by atoms with E-state index in [1.54, 1.807) is 13.8 Å². The molecule has 3 N–H and O–H groups in total. The van der Waals surface area contributed by atoms with Gasteiger partial charge in [-0.3, -0.25) is 4.79 Å². The Morgan fingerprint density at radius 1 is 1.33 bits per heavy atom. The highest BCUT2D eigenvalue weighted by Crippen LogP contribution is 2.04. The number of rotatable bonds is 7. The van der Waals surface area contributed by atoms with Crippen LogP contribution in [-0.4, -0.2) is 37.9 Å². The molecule has 110 valence electrons. The summed E-state index contributed by atoms with van der Waals surface area (Å²) < 4.78 is 23.2. The second-order valence-electron chi connectivity index (χ2n) is 5.39. The quantitative estimate of drug-likeness (QED) is 0.725. The summed E-state index contributed by atoms with van der Waals surface area (Å²) in [5.74, 6) is -0.158. The molecule has 0 aromatic rings. The van der Waals surface area contributed by atoms with E-state index >= 15 is 0 Å². The Labute approximate surface area is 116 Å². The van der Waals surface area contributed by atoms with E-state index in [0.717, 1.165) is 0 Å². The van der Waals surface area contributed by atoms with Crippen molar-refractivity contribution in [3.05, 3.63) is 0 Å². The second-order valence-corrected chi connectivity index (χ2v) is 7.62. The van der Waals surface area contributed by atoms with Gasteiger partial charge in [-0.1, -0.05) is 13.8 Å². The average molecular weight is 301 g/mol. The molecule has 18 heavy (non-hydrogen) atoms. The monoisotopic (exact) mass is 300 g/mol. The third kappa shape index (κ3) is 9.67. The van der Waals surface area contributed by atoms with Crippen LogP contribution in [0.2, 0.25) is 0 Å². The largest absolute Gasteiger partial charge is 0.350 e. The number of amides is 1. The Hall–Kier alpha value is -0.330. The molecule has 0 fully saturated rings. The lowest BCUT2D eigenvalue weighted by Gasteiger charge is -2.24. The van der Waals surface area contributed by atoms with Crippen LogP contribution in [-0.2, 0) is 14.6 Å². The first-order valence-electron chi connectivity index (χ1n) is 5.79. The topological polar surface area (TPSA) is 89.3 Å². The molecular formula is C11H25ClN2O3S. The first-order chi connectivity index (χ1) is 7.58. The summed E-state index contributed by atoms with van der Waals surface area (Å²) in [4.78, 5) is 11.5. The first kappa shape index (κ1) is 20.0. The summed E-state index contributed by atoms with van der Waals surface area (Å²) in [6, 6.07) is 0. The van der Waals surface area contributed by atoms with Crippen LogP contribution in [0.4, 0.5) is 0 Å². The molecule has 0 saturated carbocycles. The molecule has 1 amide bonds. The van der Waals surface area contributed by atoms with Gasteiger partial charge in [-0.05, 0) is 19.8 Å². The second kappa shape index (κ2) is 7.96. The summed E-state index contributed by atoms with van der Waals surface area (Å²) in [5, 5.41) is 2.70. The van der Waals surface area contributed by atoms with Gasteiger partial charge in [0, 0.05) is 18.5 Å². The molecule has 0 atom stereocenters. The average Bonchev–Trinajstić information content (AvgIpc) is 2.12. The van der Waals surface area contributed by atoms with Crippen molar-refractivity contribution in [1.29, 1.82) is 0 Å². The number of nitrogens with two attached hydrogens (primary N) is 1. The Balaban J connectivity index is 0. The Kier molecular flexibility index (Phi) is 8.85. The van der Waals surface area contributed by atoms with Crippen LogP contribution in [0.5, 0.6) is 0 Å². The fourth-order valence-electron chi connectivity index (χ4n) is 1.33. The van der Waals surface area contributed by atoms with Crippen molar-refractivity contribution in [2.24, 2.45) is 11.7 Å². The predicted molar refractivity (Wildman–Crippen MR) is 76.6 cm³/mol. The zero-order chi connectivity index (χ0) is 13.7. The van der Waals surface area contributed by atoms with Crippen molar-refractivity contribution < 1.29 is 13.2 Å². The van der Waals surface area contributed by atoms with Gasteiger partial charge in [0.25, 0.3) is 0 Å². The van der Waals surface area contributed by atoms with Gasteiger partial charge < -0.3 is 11.1 Å². The maximum absolute atomic E-state index is 11.6. The minimum atomic E-state index is -3.13. The summed E-state index contributed by atoms with van der Waals surface area (Å²) in [6.07, 6.45) is -0.00150. The number of hydrogen-bond donors (Lipinski definition) is 2. The highest BCUT2D eigenvalue weighted by molar-refractivity contribution is 7.91. The summed E-state index contributed by atoms with van der Waals surface area (Å²) in [6.45, 7) is 7.60. The van der Waals surface area contributed by atoms with Gasteiger partial charge in [0.1, 0.15) is 0 Å². The number of carbonyl (C=O) groups excluding carboxylic acids is 1. The van der Waals surface area contributed by atoms with Gasteiger partial charge in [0.05, 0.1) is 11.5 Å². The summed E-state index contributed by atoms with van der Waals surface area (Å²) >= 11 is 0. The molecule has 7 heteroatoms. The van der Waals surface area contributed by atoms with Gasteiger partial charge in [-0.15, -0.1) is 12.4 Å². The lowest BCUT2D eigenvalue weighted by Crippen LogP contribution is -2.49. The number of sulfone groups is 1. The van der Waals surface area contributed by atoms with E-state index in [4.69, 9.17) is 5.73 Å². The van der Waals surface area contributed by atoms with Crippen molar-refractivity contribution in [2.75, 3.05) is 18.1 Å². The van der Waals surface area contributed by atoms with Gasteiger partial charge in [-0.2, -0.15) is 0 Å². The van der Waals surface area contributed by atoms with Crippen LogP contribution in [0.15, 0.2) is 0 Å². The smallest absolute Gasteiger partial charge is 0.221 e.